The zero-order valence-corrected chi connectivity index (χ0v) is 64.8. The van der Waals surface area contributed by atoms with Crippen molar-refractivity contribution in [3.8, 4) is 0 Å². The first-order valence-corrected chi connectivity index (χ1v) is 37.2. The van der Waals surface area contributed by atoms with Crippen LogP contribution in [0, 0.1) is 0 Å². The molecule has 0 amide bonds. The van der Waals surface area contributed by atoms with Crippen LogP contribution >= 0.6 is 0 Å². The van der Waals surface area contributed by atoms with Gasteiger partial charge in [-0.1, -0.05) is 133 Å². The Morgan fingerprint density at radius 1 is 0.168 bits per heavy atom. The monoisotopic (exact) mass is 1630 g/mol. The van der Waals surface area contributed by atoms with Gasteiger partial charge in [-0.15, -0.1) is 0 Å². The topological polar surface area (TPSA) is 369 Å². The van der Waals surface area contributed by atoms with E-state index in [9.17, 15) is 0 Å². The quantitative estimate of drug-likeness (QED) is 0.0239. The minimum absolute atomic E-state index is 0.108. The highest BCUT2D eigenvalue weighted by atomic mass is 17.3. The number of aryl methyl sites for hydroxylation is 2. The summed E-state index contributed by atoms with van der Waals surface area (Å²) >= 11 is 0. The first-order chi connectivity index (χ1) is 56.2. The van der Waals surface area contributed by atoms with Crippen LogP contribution in [0.1, 0.15) is 22.3 Å². The molecule has 0 aromatic heterocycles. The molecule has 0 saturated heterocycles. The van der Waals surface area contributed by atoms with Gasteiger partial charge in [0.25, 0.3) is 0 Å². The molecule has 0 bridgehead atoms. The van der Waals surface area contributed by atoms with E-state index in [0.717, 1.165) is 36.6 Å². The van der Waals surface area contributed by atoms with E-state index in [1.165, 1.54) is 22.1 Å². The summed E-state index contributed by atoms with van der Waals surface area (Å²) in [5.74, 6) is 0. The predicted molar refractivity (Wildman–Crippen MR) is 385 cm³/mol. The molecule has 0 spiro atoms. The normalized spacial score (nSPS) is 11.8. The molecule has 0 atom stereocenters. The summed E-state index contributed by atoms with van der Waals surface area (Å²) < 4.78 is 21.4. The summed E-state index contributed by atoms with van der Waals surface area (Å²) in [7, 11) is 3.13. The molecule has 113 heavy (non-hydrogen) atoms. The van der Waals surface area contributed by atoms with Gasteiger partial charge in [0.05, 0.1) is 45.8 Å². The number of hydrogen-bond acceptors (Lipinski definition) is 40. The van der Waals surface area contributed by atoms with Crippen molar-refractivity contribution in [1.82, 2.24) is 0 Å². The molecule has 0 heterocycles. The molecule has 4 aromatic carbocycles. The van der Waals surface area contributed by atoms with Crippen molar-refractivity contribution in [3.63, 3.8) is 0 Å². The van der Waals surface area contributed by atoms with Crippen LogP contribution in [0.4, 0.5) is 0 Å². The van der Waals surface area contributed by atoms with Crippen LogP contribution in [-0.4, -0.2) is 285 Å². The predicted octanol–water partition coefficient (Wildman–Crippen LogP) is 5.13. The number of rotatable bonds is 90. The van der Waals surface area contributed by atoms with E-state index in [0.29, 0.717) is 52.9 Å². The number of ether oxygens (including phenoxy) is 4. The van der Waals surface area contributed by atoms with Crippen molar-refractivity contribution in [2.75, 3.05) is 278 Å². The van der Waals surface area contributed by atoms with E-state index < -0.39 is 6.15 Å². The first-order valence-electron chi connectivity index (χ1n) is 37.2. The van der Waals surface area contributed by atoms with Crippen LogP contribution < -0.4 is 10.9 Å². The minimum Gasteiger partial charge on any atom is -0.382 e. The lowest BCUT2D eigenvalue weighted by atomic mass is 9.15. The Morgan fingerprint density at radius 3 is 0.487 bits per heavy atom. The minimum atomic E-state index is -1.16. The van der Waals surface area contributed by atoms with Crippen molar-refractivity contribution in [1.29, 1.82) is 0 Å². The summed E-state index contributed by atoms with van der Waals surface area (Å²) in [6.07, 6.45) is 2.59. The molecule has 0 aliphatic carbocycles. The molecule has 0 aliphatic heterocycles. The molecule has 0 fully saturated rings. The molecular formula is C72H116BO40-. The molecule has 0 N–H and O–H groups in total. The van der Waals surface area contributed by atoms with Crippen LogP contribution in [0.25, 0.3) is 0 Å². The summed E-state index contributed by atoms with van der Waals surface area (Å²) in [5.41, 5.74) is 7.33. The van der Waals surface area contributed by atoms with E-state index in [4.69, 9.17) is 195 Å². The summed E-state index contributed by atoms with van der Waals surface area (Å²) in [6.45, 7) is 7.75. The van der Waals surface area contributed by atoms with E-state index >= 15 is 0 Å². The maximum atomic E-state index is 5.86. The van der Waals surface area contributed by atoms with Gasteiger partial charge in [-0.05, 0) is 11.1 Å². The molecular weight excluding hydrogens is 1520 g/mol. The molecule has 0 unspecified atom stereocenters. The Labute approximate surface area is 658 Å². The van der Waals surface area contributed by atoms with Crippen molar-refractivity contribution < 1.29 is 195 Å². The van der Waals surface area contributed by atoms with E-state index in [-0.39, 0.29) is 225 Å². The second-order valence-electron chi connectivity index (χ2n) is 22.5. The van der Waals surface area contributed by atoms with Gasteiger partial charge in [-0.2, -0.15) is 12.6 Å². The zero-order chi connectivity index (χ0) is 79.5. The van der Waals surface area contributed by atoms with Gasteiger partial charge >= 0.3 is 0 Å². The van der Waals surface area contributed by atoms with Crippen LogP contribution in [0.2, 0.25) is 12.6 Å². The van der Waals surface area contributed by atoms with Crippen LogP contribution in [0.15, 0.2) is 109 Å². The summed E-state index contributed by atoms with van der Waals surface area (Å²) in [4.78, 5) is 179. The van der Waals surface area contributed by atoms with E-state index in [1.54, 1.807) is 14.2 Å². The lowest BCUT2D eigenvalue weighted by molar-refractivity contribution is -0.378. The van der Waals surface area contributed by atoms with Crippen molar-refractivity contribution in [2.24, 2.45) is 0 Å². The zero-order valence-electron chi connectivity index (χ0n) is 64.8. The van der Waals surface area contributed by atoms with Gasteiger partial charge < -0.3 is 18.9 Å². The van der Waals surface area contributed by atoms with Crippen molar-refractivity contribution in [3.05, 3.63) is 131 Å². The Kier molecular flexibility index (Phi) is 71.1. The first kappa shape index (κ1) is 101. The van der Waals surface area contributed by atoms with Crippen molar-refractivity contribution in [2.45, 2.75) is 38.7 Å². The highest BCUT2D eigenvalue weighted by Gasteiger charge is 2.28. The number of benzene rings is 4. The van der Waals surface area contributed by atoms with Crippen molar-refractivity contribution >= 4 is 17.1 Å². The summed E-state index contributed by atoms with van der Waals surface area (Å²) in [5, 5.41) is 0. The highest BCUT2D eigenvalue weighted by molar-refractivity contribution is 7.02. The fraction of sp³-hybridized carbons (Fsp3) is 0.667. The maximum Gasteiger partial charge on any atom is 0.109 e. The molecule has 40 nitrogen and oxygen atoms in total. The van der Waals surface area contributed by atoms with E-state index in [2.05, 4.69) is 109 Å². The fourth-order valence-electron chi connectivity index (χ4n) is 9.09. The van der Waals surface area contributed by atoms with Gasteiger partial charge in [0.2, 0.25) is 0 Å². The average molecular weight is 1630 g/mol. The SMILES string of the molecule is COCCOOCCOOCCOOCCOOCCOOCCOOCCOOCCOOCCOOCCOCc1ccc(CC[B-](CCc2ccc(COCCOOCCOOCCOOCCOOCCOOCCOOCCOOCCOOCCOOCCOC)cc2)(c2ccccc2)c2ccccc2)cc1. The second kappa shape index (κ2) is 79.8. The van der Waals surface area contributed by atoms with Gasteiger partial charge in [0.15, 0.2) is 0 Å². The third-order valence-corrected chi connectivity index (χ3v) is 14.2. The Hall–Kier alpha value is -4.66. The lowest BCUT2D eigenvalue weighted by Gasteiger charge is -2.42. The van der Waals surface area contributed by atoms with Crippen LogP contribution in [0.3, 0.4) is 0 Å². The molecule has 0 aliphatic rings. The van der Waals surface area contributed by atoms with Gasteiger partial charge in [-0.3, -0.25) is 0 Å². The lowest BCUT2D eigenvalue weighted by Crippen LogP contribution is -2.58. The molecule has 41 heteroatoms. The third-order valence-electron chi connectivity index (χ3n) is 14.2. The molecule has 0 radical (unpaired) electrons. The maximum absolute atomic E-state index is 5.86. The summed E-state index contributed by atoms with van der Waals surface area (Å²) in [6, 6.07) is 39.1. The Balaban J connectivity index is 0.885. The largest absolute Gasteiger partial charge is 0.382 e. The third kappa shape index (κ3) is 61.4. The average Bonchev–Trinajstić information content (AvgIpc) is 0.780. The van der Waals surface area contributed by atoms with E-state index in [1.807, 2.05) is 0 Å². The molecule has 4 aromatic rings. The number of hydrogen-bond donors (Lipinski definition) is 0. The van der Waals surface area contributed by atoms with Gasteiger partial charge in [-0.25, -0.2) is 187 Å². The van der Waals surface area contributed by atoms with Gasteiger partial charge in [0.1, 0.15) is 238 Å². The Morgan fingerprint density at radius 2 is 0.319 bits per heavy atom. The molecule has 648 valence electrons. The highest BCUT2D eigenvalue weighted by Crippen LogP contribution is 2.24. The van der Waals surface area contributed by atoms with Crippen LogP contribution in [-0.2, 0) is 221 Å². The molecule has 0 saturated carbocycles. The van der Waals surface area contributed by atoms with Crippen LogP contribution in [0.5, 0.6) is 0 Å². The van der Waals surface area contributed by atoms with Gasteiger partial charge in [0, 0.05) is 14.2 Å². The Bertz CT molecular complexity index is 2390. The molecule has 4 rings (SSSR count). The second-order valence-corrected chi connectivity index (χ2v) is 22.5. The number of methoxy groups -OCH3 is 2. The smallest absolute Gasteiger partial charge is 0.109 e. The standard InChI is InChI=1S/C72H116BO40/c1-74-25-29-78-82-33-37-86-90-41-45-94-98-49-53-102-106-57-61-110-112-63-59-108-104-55-51-100-96-47-43-92-88-39-35-84-80-31-27-76-65-69-17-13-67(14-18-69)21-23-73(71-9-5-3-6-10-71,72-11-7-4-8-12-72)24-22-68-15-19-70(20-16-68)66-77-28-32-81-85-36-40-89-93-44-48-97-101-52-56-105-109-60-64-113-111-62-58-107-103-54-50-99-95-46-42-91-87-38-34-83-79-30-26-75-2/h3-20H,21-66H2,1-2H3/q-1. The fourth-order valence-corrected chi connectivity index (χ4v) is 9.09.